The molecule has 0 saturated carbocycles. The molecule has 1 atom stereocenters. The SMILES string of the molecule is CCNCC(C)Oc1ccc(C(C)(C)CC)cc1. The topological polar surface area (TPSA) is 21.3 Å². The molecule has 0 radical (unpaired) electrons. The minimum Gasteiger partial charge on any atom is -0.489 e. The molecule has 2 heteroatoms. The van der Waals surface area contributed by atoms with E-state index in [2.05, 4.69) is 64.2 Å². The summed E-state index contributed by atoms with van der Waals surface area (Å²) in [6.07, 6.45) is 1.35. The summed E-state index contributed by atoms with van der Waals surface area (Å²) < 4.78 is 5.86. The summed E-state index contributed by atoms with van der Waals surface area (Å²) >= 11 is 0. The quantitative estimate of drug-likeness (QED) is 0.794. The number of rotatable bonds is 7. The van der Waals surface area contributed by atoms with Crippen LogP contribution in [0.4, 0.5) is 0 Å². The molecule has 102 valence electrons. The first kappa shape index (κ1) is 15.0. The lowest BCUT2D eigenvalue weighted by molar-refractivity contribution is 0.218. The average Bonchev–Trinajstić information content (AvgIpc) is 2.37. The van der Waals surface area contributed by atoms with Crippen LogP contribution < -0.4 is 10.1 Å². The van der Waals surface area contributed by atoms with E-state index in [1.165, 1.54) is 5.56 Å². The molecule has 0 aliphatic rings. The van der Waals surface area contributed by atoms with Gasteiger partial charge in [-0.3, -0.25) is 0 Å². The minimum absolute atomic E-state index is 0.204. The second kappa shape index (κ2) is 6.79. The fourth-order valence-corrected chi connectivity index (χ4v) is 1.81. The zero-order chi connectivity index (χ0) is 13.6. The van der Waals surface area contributed by atoms with Crippen LogP contribution in [0.15, 0.2) is 24.3 Å². The van der Waals surface area contributed by atoms with Gasteiger partial charge in [0.1, 0.15) is 11.9 Å². The van der Waals surface area contributed by atoms with Crippen molar-refractivity contribution in [1.82, 2.24) is 5.32 Å². The molecule has 0 bridgehead atoms. The summed E-state index contributed by atoms with van der Waals surface area (Å²) in [7, 11) is 0. The Bertz CT molecular complexity index is 343. The van der Waals surface area contributed by atoms with E-state index in [1.54, 1.807) is 0 Å². The van der Waals surface area contributed by atoms with Crippen LogP contribution in [0.25, 0.3) is 0 Å². The predicted molar refractivity (Wildman–Crippen MR) is 78.4 cm³/mol. The van der Waals surface area contributed by atoms with Crippen molar-refractivity contribution in [2.24, 2.45) is 0 Å². The number of ether oxygens (including phenoxy) is 1. The first-order valence-electron chi connectivity index (χ1n) is 6.97. The maximum atomic E-state index is 5.86. The van der Waals surface area contributed by atoms with Crippen LogP contribution >= 0.6 is 0 Å². The molecule has 1 rings (SSSR count). The summed E-state index contributed by atoms with van der Waals surface area (Å²) in [6.45, 7) is 12.8. The Kier molecular flexibility index (Phi) is 5.67. The normalized spacial score (nSPS) is 13.4. The van der Waals surface area contributed by atoms with Crippen LogP contribution in [0.2, 0.25) is 0 Å². The molecule has 1 N–H and O–H groups in total. The number of nitrogens with one attached hydrogen (secondary N) is 1. The third-order valence-corrected chi connectivity index (χ3v) is 3.54. The molecule has 0 amide bonds. The van der Waals surface area contributed by atoms with Crippen molar-refractivity contribution >= 4 is 0 Å². The van der Waals surface area contributed by atoms with Gasteiger partial charge in [-0.2, -0.15) is 0 Å². The standard InChI is InChI=1S/C16H27NO/c1-6-16(4,5)14-8-10-15(11-9-14)18-13(3)12-17-7-2/h8-11,13,17H,6-7,12H2,1-5H3. The zero-order valence-corrected chi connectivity index (χ0v) is 12.4. The molecule has 0 saturated heterocycles. The molecule has 1 aromatic rings. The second-order valence-corrected chi connectivity index (χ2v) is 5.50. The summed E-state index contributed by atoms with van der Waals surface area (Å²) in [5, 5.41) is 3.29. The fourth-order valence-electron chi connectivity index (χ4n) is 1.81. The van der Waals surface area contributed by atoms with E-state index < -0.39 is 0 Å². The molecule has 1 aromatic carbocycles. The molecular weight excluding hydrogens is 222 g/mol. The van der Waals surface area contributed by atoms with Crippen molar-refractivity contribution in [3.63, 3.8) is 0 Å². The highest BCUT2D eigenvalue weighted by atomic mass is 16.5. The highest BCUT2D eigenvalue weighted by Gasteiger charge is 2.17. The minimum atomic E-state index is 0.204. The van der Waals surface area contributed by atoms with Gasteiger partial charge < -0.3 is 10.1 Å². The van der Waals surface area contributed by atoms with Gasteiger partial charge in [0, 0.05) is 6.54 Å². The number of hydrogen-bond donors (Lipinski definition) is 1. The first-order chi connectivity index (χ1) is 8.49. The maximum absolute atomic E-state index is 5.86. The third kappa shape index (κ3) is 4.34. The molecule has 0 aliphatic heterocycles. The molecule has 0 heterocycles. The van der Waals surface area contributed by atoms with Crippen molar-refractivity contribution in [3.8, 4) is 5.75 Å². The lowest BCUT2D eigenvalue weighted by Crippen LogP contribution is -2.28. The molecule has 0 aliphatic carbocycles. The van der Waals surface area contributed by atoms with Gasteiger partial charge in [0.15, 0.2) is 0 Å². The van der Waals surface area contributed by atoms with E-state index in [-0.39, 0.29) is 11.5 Å². The van der Waals surface area contributed by atoms with Crippen molar-refractivity contribution in [2.75, 3.05) is 13.1 Å². The predicted octanol–water partition coefficient (Wildman–Crippen LogP) is 3.75. The smallest absolute Gasteiger partial charge is 0.119 e. The van der Waals surface area contributed by atoms with Crippen molar-refractivity contribution in [2.45, 2.75) is 52.6 Å². The summed E-state index contributed by atoms with van der Waals surface area (Å²) in [5.74, 6) is 0.955. The Labute approximate surface area is 112 Å². The Morgan fingerprint density at radius 3 is 2.28 bits per heavy atom. The fraction of sp³-hybridized carbons (Fsp3) is 0.625. The van der Waals surface area contributed by atoms with E-state index in [9.17, 15) is 0 Å². The molecule has 2 nitrogen and oxygen atoms in total. The van der Waals surface area contributed by atoms with Gasteiger partial charge in [0.05, 0.1) is 0 Å². The number of benzene rings is 1. The maximum Gasteiger partial charge on any atom is 0.119 e. The average molecular weight is 249 g/mol. The van der Waals surface area contributed by atoms with Gasteiger partial charge in [0.25, 0.3) is 0 Å². The number of likely N-dealkylation sites (N-methyl/N-ethyl adjacent to an activating group) is 1. The summed E-state index contributed by atoms with van der Waals surface area (Å²) in [5.41, 5.74) is 1.62. The van der Waals surface area contributed by atoms with Crippen molar-refractivity contribution in [1.29, 1.82) is 0 Å². The Morgan fingerprint density at radius 1 is 1.17 bits per heavy atom. The van der Waals surface area contributed by atoms with E-state index in [0.717, 1.165) is 25.3 Å². The lowest BCUT2D eigenvalue weighted by atomic mass is 9.82. The van der Waals surface area contributed by atoms with Gasteiger partial charge >= 0.3 is 0 Å². The van der Waals surface area contributed by atoms with Crippen LogP contribution in [-0.4, -0.2) is 19.2 Å². The molecule has 0 spiro atoms. The van der Waals surface area contributed by atoms with Crippen LogP contribution in [0, 0.1) is 0 Å². The van der Waals surface area contributed by atoms with E-state index in [4.69, 9.17) is 4.74 Å². The third-order valence-electron chi connectivity index (χ3n) is 3.54. The number of hydrogen-bond acceptors (Lipinski definition) is 2. The van der Waals surface area contributed by atoms with Crippen molar-refractivity contribution < 1.29 is 4.74 Å². The van der Waals surface area contributed by atoms with Crippen LogP contribution in [0.5, 0.6) is 5.75 Å². The molecule has 1 unspecified atom stereocenters. The summed E-state index contributed by atoms with van der Waals surface area (Å²) in [4.78, 5) is 0. The van der Waals surface area contributed by atoms with Crippen molar-refractivity contribution in [3.05, 3.63) is 29.8 Å². The van der Waals surface area contributed by atoms with E-state index in [1.807, 2.05) is 0 Å². The van der Waals surface area contributed by atoms with Crippen LogP contribution in [0.1, 0.15) is 46.6 Å². The Hall–Kier alpha value is -1.02. The highest BCUT2D eigenvalue weighted by molar-refractivity contribution is 5.31. The van der Waals surface area contributed by atoms with Gasteiger partial charge in [-0.15, -0.1) is 0 Å². The first-order valence-corrected chi connectivity index (χ1v) is 6.97. The molecular formula is C16H27NO. The van der Waals surface area contributed by atoms with Gasteiger partial charge in [0.2, 0.25) is 0 Å². The van der Waals surface area contributed by atoms with Gasteiger partial charge in [-0.25, -0.2) is 0 Å². The van der Waals surface area contributed by atoms with Crippen LogP contribution in [0.3, 0.4) is 0 Å². The highest BCUT2D eigenvalue weighted by Crippen LogP contribution is 2.28. The molecule has 0 aromatic heterocycles. The Morgan fingerprint density at radius 2 is 1.78 bits per heavy atom. The Balaban J connectivity index is 2.60. The van der Waals surface area contributed by atoms with Gasteiger partial charge in [-0.1, -0.05) is 39.8 Å². The van der Waals surface area contributed by atoms with Gasteiger partial charge in [-0.05, 0) is 43.0 Å². The summed E-state index contributed by atoms with van der Waals surface area (Å²) in [6, 6.07) is 8.52. The van der Waals surface area contributed by atoms with E-state index in [0.29, 0.717) is 0 Å². The molecule has 18 heavy (non-hydrogen) atoms. The largest absolute Gasteiger partial charge is 0.489 e. The van der Waals surface area contributed by atoms with E-state index >= 15 is 0 Å². The second-order valence-electron chi connectivity index (χ2n) is 5.50. The lowest BCUT2D eigenvalue weighted by Gasteiger charge is -2.23. The monoisotopic (exact) mass is 249 g/mol. The van der Waals surface area contributed by atoms with Crippen LogP contribution in [-0.2, 0) is 5.41 Å². The molecule has 0 fully saturated rings. The zero-order valence-electron chi connectivity index (χ0n) is 12.4.